The van der Waals surface area contributed by atoms with Crippen LogP contribution < -0.4 is 0 Å². The van der Waals surface area contributed by atoms with Crippen LogP contribution in [0.3, 0.4) is 0 Å². The summed E-state index contributed by atoms with van der Waals surface area (Å²) in [4.78, 5) is 10.1. The van der Waals surface area contributed by atoms with Crippen LogP contribution in [-0.2, 0) is 12.8 Å². The van der Waals surface area contributed by atoms with Crippen molar-refractivity contribution in [1.82, 2.24) is 9.97 Å². The van der Waals surface area contributed by atoms with Crippen molar-refractivity contribution in [2.45, 2.75) is 19.8 Å². The third-order valence-corrected chi connectivity index (χ3v) is 10.1. The van der Waals surface area contributed by atoms with E-state index in [0.29, 0.717) is 11.4 Å². The Hall–Kier alpha value is -5.89. The number of hydrogen-bond donors (Lipinski definition) is 0. The molecule has 0 aliphatic carbocycles. The third kappa shape index (κ3) is 5.77. The van der Waals surface area contributed by atoms with Crippen molar-refractivity contribution >= 4 is 31.5 Å². The molecule has 2 heterocycles. The molecule has 0 amide bonds. The number of rotatable bonds is 7. The highest BCUT2D eigenvalue weighted by molar-refractivity contribution is 7.25. The van der Waals surface area contributed by atoms with Crippen LogP contribution in [0.4, 0.5) is 0 Å². The summed E-state index contributed by atoms with van der Waals surface area (Å²) in [6, 6.07) is 52.9. The van der Waals surface area contributed by atoms with E-state index in [1.807, 2.05) is 59.9 Å². The van der Waals surface area contributed by atoms with Crippen molar-refractivity contribution in [2.75, 3.05) is 0 Å². The van der Waals surface area contributed by atoms with Gasteiger partial charge in [0.1, 0.15) is 0 Å². The fraction of sp³-hybridized carbons (Fsp3) is 0.0682. The molecule has 0 unspecified atom stereocenters. The largest absolute Gasteiger partial charge is 0.228 e. The van der Waals surface area contributed by atoms with Gasteiger partial charge >= 0.3 is 0 Å². The van der Waals surface area contributed by atoms with Gasteiger partial charge in [-0.05, 0) is 90.0 Å². The van der Waals surface area contributed by atoms with Gasteiger partial charge in [-0.3, -0.25) is 0 Å². The zero-order valence-electron chi connectivity index (χ0n) is 26.5. The molecule has 0 atom stereocenters. The predicted molar refractivity (Wildman–Crippen MR) is 200 cm³/mol. The number of nitriles is 1. The van der Waals surface area contributed by atoms with E-state index in [4.69, 9.17) is 9.97 Å². The van der Waals surface area contributed by atoms with Gasteiger partial charge in [0, 0.05) is 36.9 Å². The summed E-state index contributed by atoms with van der Waals surface area (Å²) in [5.41, 5.74) is 11.6. The molecule has 6 aromatic carbocycles. The number of benzene rings is 6. The first-order valence-electron chi connectivity index (χ1n) is 16.2. The molecule has 0 aliphatic rings. The lowest BCUT2D eigenvalue weighted by Crippen LogP contribution is -1.98. The first kappa shape index (κ1) is 29.5. The fourth-order valence-corrected chi connectivity index (χ4v) is 7.65. The van der Waals surface area contributed by atoms with E-state index < -0.39 is 0 Å². The van der Waals surface area contributed by atoms with Gasteiger partial charge in [0.2, 0.25) is 0 Å². The Morgan fingerprint density at radius 1 is 0.562 bits per heavy atom. The fourth-order valence-electron chi connectivity index (χ4n) is 6.52. The molecular weight excluding hydrogens is 603 g/mol. The summed E-state index contributed by atoms with van der Waals surface area (Å²) in [6.07, 6.45) is 1.79. The molecule has 0 bridgehead atoms. The molecule has 228 valence electrons. The van der Waals surface area contributed by atoms with Crippen LogP contribution >= 0.6 is 11.3 Å². The van der Waals surface area contributed by atoms with Crippen LogP contribution in [0.1, 0.15) is 22.3 Å². The summed E-state index contributed by atoms with van der Waals surface area (Å²) >= 11 is 1.87. The van der Waals surface area contributed by atoms with Crippen LogP contribution in [-0.4, -0.2) is 9.97 Å². The Kier molecular flexibility index (Phi) is 7.82. The number of fused-ring (bicyclic) bond motifs is 3. The number of thiophene rings is 1. The lowest BCUT2D eigenvalue weighted by atomic mass is 9.91. The maximum atomic E-state index is 9.54. The molecule has 4 heteroatoms. The quantitative estimate of drug-likeness (QED) is 0.175. The van der Waals surface area contributed by atoms with Crippen molar-refractivity contribution in [3.05, 3.63) is 168 Å². The second-order valence-corrected chi connectivity index (χ2v) is 13.2. The molecule has 0 N–H and O–H groups in total. The zero-order chi connectivity index (χ0) is 32.5. The topological polar surface area (TPSA) is 49.6 Å². The number of aromatic nitrogens is 2. The van der Waals surface area contributed by atoms with Gasteiger partial charge in [0.25, 0.3) is 0 Å². The molecule has 0 saturated heterocycles. The van der Waals surface area contributed by atoms with E-state index in [0.717, 1.165) is 40.9 Å². The minimum atomic E-state index is 0.606. The minimum absolute atomic E-state index is 0.606. The van der Waals surface area contributed by atoms with Gasteiger partial charge in [-0.25, -0.2) is 9.97 Å². The Morgan fingerprint density at radius 2 is 1.29 bits per heavy atom. The van der Waals surface area contributed by atoms with E-state index in [1.165, 1.54) is 48.0 Å². The van der Waals surface area contributed by atoms with E-state index in [1.54, 1.807) is 0 Å². The van der Waals surface area contributed by atoms with E-state index in [-0.39, 0.29) is 0 Å². The van der Waals surface area contributed by atoms with Gasteiger partial charge in [-0.2, -0.15) is 5.26 Å². The molecule has 8 aromatic rings. The Bertz CT molecular complexity index is 2490. The molecule has 8 rings (SSSR count). The summed E-state index contributed by atoms with van der Waals surface area (Å²) in [5.74, 6) is 0.669. The van der Waals surface area contributed by atoms with Gasteiger partial charge in [-0.15, -0.1) is 11.3 Å². The first-order valence-corrected chi connectivity index (χ1v) is 17.0. The summed E-state index contributed by atoms with van der Waals surface area (Å²) < 4.78 is 2.65. The Labute approximate surface area is 284 Å². The average molecular weight is 634 g/mol. The van der Waals surface area contributed by atoms with Crippen LogP contribution in [0.25, 0.3) is 65.2 Å². The maximum Gasteiger partial charge on any atom is 0.160 e. The second kappa shape index (κ2) is 12.7. The summed E-state index contributed by atoms with van der Waals surface area (Å²) in [6.45, 7) is 2.20. The smallest absolute Gasteiger partial charge is 0.160 e. The van der Waals surface area contributed by atoms with E-state index >= 15 is 0 Å². The van der Waals surface area contributed by atoms with Crippen molar-refractivity contribution in [2.24, 2.45) is 0 Å². The molecule has 0 aliphatic heterocycles. The molecule has 0 radical (unpaired) electrons. The Balaban J connectivity index is 1.18. The Morgan fingerprint density at radius 3 is 2.15 bits per heavy atom. The van der Waals surface area contributed by atoms with Gasteiger partial charge in [0.05, 0.1) is 23.0 Å². The highest BCUT2D eigenvalue weighted by Crippen LogP contribution is 2.39. The van der Waals surface area contributed by atoms with Crippen molar-refractivity contribution in [3.8, 4) is 51.1 Å². The zero-order valence-corrected chi connectivity index (χ0v) is 27.3. The number of nitrogens with zero attached hydrogens (tertiary/aromatic N) is 3. The lowest BCUT2D eigenvalue weighted by Gasteiger charge is -2.14. The summed E-state index contributed by atoms with van der Waals surface area (Å²) in [5, 5.41) is 12.2. The standard InChI is InChI=1S/C44H31N3S/c1-29-11-5-6-18-36(29)38-26-43-39(37-19-7-8-20-42(37)48-43)25-33(38)22-21-30-12-9-17-35(23-30)44-46-40(32-14-3-2-4-15-32)27-41(47-44)34-16-10-13-31(24-34)28-45/h2-20,23-27H,21-22H2,1H3. The summed E-state index contributed by atoms with van der Waals surface area (Å²) in [7, 11) is 0. The third-order valence-electron chi connectivity index (χ3n) is 8.99. The van der Waals surface area contributed by atoms with Crippen LogP contribution in [0, 0.1) is 18.3 Å². The lowest BCUT2D eigenvalue weighted by molar-refractivity contribution is 0.964. The van der Waals surface area contributed by atoms with Crippen LogP contribution in [0.5, 0.6) is 0 Å². The molecule has 48 heavy (non-hydrogen) atoms. The van der Waals surface area contributed by atoms with Gasteiger partial charge in [-0.1, -0.05) is 103 Å². The van der Waals surface area contributed by atoms with Gasteiger partial charge < -0.3 is 0 Å². The SMILES string of the molecule is Cc1ccccc1-c1cc2sc3ccccc3c2cc1CCc1cccc(-c2nc(-c3ccccc3)cc(-c3cccc(C#N)c3)n2)c1. The molecular formula is C44H31N3S. The predicted octanol–water partition coefficient (Wildman–Crippen LogP) is 11.5. The molecule has 0 saturated carbocycles. The monoisotopic (exact) mass is 633 g/mol. The van der Waals surface area contributed by atoms with E-state index in [9.17, 15) is 5.26 Å². The van der Waals surface area contributed by atoms with Crippen molar-refractivity contribution in [3.63, 3.8) is 0 Å². The highest BCUT2D eigenvalue weighted by Gasteiger charge is 2.15. The first-order chi connectivity index (χ1) is 23.6. The maximum absolute atomic E-state index is 9.54. The molecule has 0 fully saturated rings. The minimum Gasteiger partial charge on any atom is -0.228 e. The van der Waals surface area contributed by atoms with E-state index in [2.05, 4.69) is 110 Å². The normalized spacial score (nSPS) is 11.2. The molecule has 0 spiro atoms. The average Bonchev–Trinajstić information content (AvgIpc) is 3.51. The highest BCUT2D eigenvalue weighted by atomic mass is 32.1. The van der Waals surface area contributed by atoms with Crippen LogP contribution in [0.15, 0.2) is 146 Å². The number of aryl methyl sites for hydroxylation is 3. The van der Waals surface area contributed by atoms with Crippen molar-refractivity contribution < 1.29 is 0 Å². The molecule has 3 nitrogen and oxygen atoms in total. The van der Waals surface area contributed by atoms with Crippen LogP contribution in [0.2, 0.25) is 0 Å². The van der Waals surface area contributed by atoms with Crippen molar-refractivity contribution in [1.29, 1.82) is 5.26 Å². The number of hydrogen-bond acceptors (Lipinski definition) is 4. The van der Waals surface area contributed by atoms with Gasteiger partial charge in [0.15, 0.2) is 5.82 Å². The second-order valence-electron chi connectivity index (χ2n) is 12.1. The molecule has 2 aromatic heterocycles.